The van der Waals surface area contributed by atoms with Crippen LogP contribution in [0.4, 0.5) is 11.4 Å². The lowest BCUT2D eigenvalue weighted by atomic mass is 9.92. The van der Waals surface area contributed by atoms with E-state index in [2.05, 4.69) is 57.8 Å². The molecule has 0 amide bonds. The second-order valence-electron chi connectivity index (χ2n) is 8.39. The van der Waals surface area contributed by atoms with Crippen LogP contribution in [-0.2, 0) is 0 Å². The first-order chi connectivity index (χ1) is 14.6. The van der Waals surface area contributed by atoms with Crippen LogP contribution in [0.5, 0.6) is 0 Å². The Morgan fingerprint density at radius 1 is 0.710 bits per heavy atom. The molecule has 0 fully saturated rings. The predicted molar refractivity (Wildman–Crippen MR) is 132 cm³/mol. The summed E-state index contributed by atoms with van der Waals surface area (Å²) in [5, 5.41) is 3.60. The van der Waals surface area contributed by atoms with E-state index in [1.165, 1.54) is 27.8 Å². The van der Waals surface area contributed by atoms with Gasteiger partial charge in [-0.15, -0.1) is 5.92 Å². The molecule has 31 heavy (non-hydrogen) atoms. The minimum absolute atomic E-state index is 0.0377. The number of hydrogen-bond acceptors (Lipinski definition) is 2. The highest BCUT2D eigenvalue weighted by Gasteiger charge is 2.16. The fourth-order valence-electron chi connectivity index (χ4n) is 4.06. The van der Waals surface area contributed by atoms with Gasteiger partial charge in [0.1, 0.15) is 0 Å². The minimum Gasteiger partial charge on any atom is -0.355 e. The number of carbonyl (C=O) groups excluding carboxylic acids is 1. The molecule has 0 unspecified atom stereocenters. The van der Waals surface area contributed by atoms with E-state index in [1.54, 1.807) is 6.92 Å². The van der Waals surface area contributed by atoms with E-state index >= 15 is 0 Å². The lowest BCUT2D eigenvalue weighted by Crippen LogP contribution is -2.07. The maximum absolute atomic E-state index is 13.3. The highest BCUT2D eigenvalue weighted by molar-refractivity contribution is 6.11. The van der Waals surface area contributed by atoms with E-state index in [0.29, 0.717) is 5.56 Å². The minimum atomic E-state index is 0.0377. The molecule has 0 aliphatic rings. The molecule has 1 N–H and O–H groups in total. The van der Waals surface area contributed by atoms with Crippen molar-refractivity contribution in [1.82, 2.24) is 0 Å². The summed E-state index contributed by atoms with van der Waals surface area (Å²) in [6.07, 6.45) is 0. The zero-order chi connectivity index (χ0) is 22.9. The molecule has 0 aliphatic carbocycles. The van der Waals surface area contributed by atoms with E-state index < -0.39 is 0 Å². The average molecular weight is 410 g/mol. The normalized spacial score (nSPS) is 10.5. The number of ketones is 1. The third-order valence-corrected chi connectivity index (χ3v) is 6.49. The van der Waals surface area contributed by atoms with Gasteiger partial charge in [-0.1, -0.05) is 12.0 Å². The molecule has 0 bridgehead atoms. The molecular weight excluding hydrogens is 378 g/mol. The van der Waals surface area contributed by atoms with Gasteiger partial charge in [-0.2, -0.15) is 0 Å². The number of aryl methyl sites for hydroxylation is 2. The lowest BCUT2D eigenvalue weighted by Gasteiger charge is -2.20. The van der Waals surface area contributed by atoms with Crippen molar-refractivity contribution in [3.05, 3.63) is 92.0 Å². The van der Waals surface area contributed by atoms with E-state index in [4.69, 9.17) is 0 Å². The Bertz CT molecular complexity index is 1220. The summed E-state index contributed by atoms with van der Waals surface area (Å²) < 4.78 is 0. The van der Waals surface area contributed by atoms with Gasteiger partial charge in [0.15, 0.2) is 5.78 Å². The third kappa shape index (κ3) is 4.28. The molecule has 0 heterocycles. The molecule has 0 aliphatic heterocycles. The summed E-state index contributed by atoms with van der Waals surface area (Å²) in [5.41, 5.74) is 12.9. The van der Waals surface area contributed by atoms with Crippen LogP contribution in [0.25, 0.3) is 0 Å². The summed E-state index contributed by atoms with van der Waals surface area (Å²) >= 11 is 0. The van der Waals surface area contributed by atoms with Crippen LogP contribution in [0.3, 0.4) is 0 Å². The Balaban J connectivity index is 1.97. The smallest absolute Gasteiger partial charge is 0.193 e. The molecule has 3 rings (SSSR count). The zero-order valence-electron chi connectivity index (χ0n) is 19.9. The van der Waals surface area contributed by atoms with Crippen molar-refractivity contribution in [3.8, 4) is 11.8 Å². The van der Waals surface area contributed by atoms with Crippen molar-refractivity contribution in [2.45, 2.75) is 55.4 Å². The Morgan fingerprint density at radius 3 is 1.90 bits per heavy atom. The van der Waals surface area contributed by atoms with Gasteiger partial charge in [0.2, 0.25) is 0 Å². The van der Waals surface area contributed by atoms with Gasteiger partial charge in [-0.3, -0.25) is 4.79 Å². The summed E-state index contributed by atoms with van der Waals surface area (Å²) in [7, 11) is 0. The summed E-state index contributed by atoms with van der Waals surface area (Å²) in [6.45, 7) is 16.6. The number of anilines is 2. The fraction of sp³-hybridized carbons (Fsp3) is 0.276. The van der Waals surface area contributed by atoms with Gasteiger partial charge in [0, 0.05) is 28.1 Å². The SMILES string of the molecule is CC#Cc1ccc(C)c(C(=O)c2ccc(Nc3c(C)c(C)c(C)c(C)c3C)cc2C)c1. The second kappa shape index (κ2) is 8.82. The van der Waals surface area contributed by atoms with Gasteiger partial charge >= 0.3 is 0 Å². The molecule has 3 aromatic carbocycles. The van der Waals surface area contributed by atoms with Gasteiger partial charge in [0.05, 0.1) is 0 Å². The standard InChI is InChI=1S/C29H31NO/c1-9-10-24-12-11-17(2)27(16-24)29(31)26-14-13-25(15-18(26)3)30-28-22(7)20(5)19(4)21(6)23(28)8/h11-16,30H,1-8H3. The van der Waals surface area contributed by atoms with Crippen LogP contribution in [0.1, 0.15) is 67.4 Å². The lowest BCUT2D eigenvalue weighted by molar-refractivity contribution is 0.103. The monoisotopic (exact) mass is 409 g/mol. The van der Waals surface area contributed by atoms with Crippen LogP contribution < -0.4 is 5.32 Å². The summed E-state index contributed by atoms with van der Waals surface area (Å²) in [4.78, 5) is 13.3. The fourth-order valence-corrected chi connectivity index (χ4v) is 4.06. The summed E-state index contributed by atoms with van der Waals surface area (Å²) in [5.74, 6) is 5.98. The molecule has 0 spiro atoms. The molecule has 158 valence electrons. The van der Waals surface area contributed by atoms with E-state index in [-0.39, 0.29) is 5.78 Å². The first-order valence-electron chi connectivity index (χ1n) is 10.7. The molecular formula is C29H31NO. The first-order valence-corrected chi connectivity index (χ1v) is 10.7. The van der Waals surface area contributed by atoms with Crippen LogP contribution in [-0.4, -0.2) is 5.78 Å². The zero-order valence-corrected chi connectivity index (χ0v) is 19.9. The van der Waals surface area contributed by atoms with E-state index in [9.17, 15) is 4.79 Å². The molecule has 3 aromatic rings. The predicted octanol–water partition coefficient (Wildman–Crippen LogP) is 7.19. The average Bonchev–Trinajstić information content (AvgIpc) is 2.75. The molecule has 0 aromatic heterocycles. The molecule has 0 saturated carbocycles. The molecule has 0 saturated heterocycles. The third-order valence-electron chi connectivity index (χ3n) is 6.49. The molecule has 0 atom stereocenters. The largest absolute Gasteiger partial charge is 0.355 e. The molecule has 2 nitrogen and oxygen atoms in total. The highest BCUT2D eigenvalue weighted by atomic mass is 16.1. The Morgan fingerprint density at radius 2 is 1.32 bits per heavy atom. The van der Waals surface area contributed by atoms with Crippen molar-refractivity contribution >= 4 is 17.2 Å². The highest BCUT2D eigenvalue weighted by Crippen LogP contribution is 2.33. The van der Waals surface area contributed by atoms with Gasteiger partial charge in [-0.05, 0) is 125 Å². The number of benzene rings is 3. The second-order valence-corrected chi connectivity index (χ2v) is 8.39. The van der Waals surface area contributed by atoms with E-state index in [0.717, 1.165) is 33.6 Å². The number of rotatable bonds is 4. The number of hydrogen-bond donors (Lipinski definition) is 1. The Labute approximate surface area is 186 Å². The maximum Gasteiger partial charge on any atom is 0.193 e. The van der Waals surface area contributed by atoms with Crippen molar-refractivity contribution < 1.29 is 4.79 Å². The van der Waals surface area contributed by atoms with Crippen molar-refractivity contribution in [2.75, 3.05) is 5.32 Å². The quantitative estimate of drug-likeness (QED) is 0.365. The Kier molecular flexibility index (Phi) is 6.37. The number of carbonyl (C=O) groups is 1. The van der Waals surface area contributed by atoms with Gasteiger partial charge in [-0.25, -0.2) is 0 Å². The van der Waals surface area contributed by atoms with Gasteiger partial charge in [0.25, 0.3) is 0 Å². The van der Waals surface area contributed by atoms with Crippen molar-refractivity contribution in [2.24, 2.45) is 0 Å². The summed E-state index contributed by atoms with van der Waals surface area (Å²) in [6, 6.07) is 11.8. The van der Waals surface area contributed by atoms with Crippen LogP contribution in [0, 0.1) is 60.3 Å². The maximum atomic E-state index is 13.3. The van der Waals surface area contributed by atoms with Crippen molar-refractivity contribution in [1.29, 1.82) is 0 Å². The van der Waals surface area contributed by atoms with Gasteiger partial charge < -0.3 is 5.32 Å². The first kappa shape index (κ1) is 22.4. The van der Waals surface area contributed by atoms with Crippen LogP contribution in [0.2, 0.25) is 0 Å². The van der Waals surface area contributed by atoms with Crippen LogP contribution >= 0.6 is 0 Å². The van der Waals surface area contributed by atoms with E-state index in [1.807, 2.05) is 44.2 Å². The molecule has 2 heteroatoms. The van der Waals surface area contributed by atoms with Crippen molar-refractivity contribution in [3.63, 3.8) is 0 Å². The topological polar surface area (TPSA) is 29.1 Å². The van der Waals surface area contributed by atoms with Crippen LogP contribution in [0.15, 0.2) is 36.4 Å². The Hall–Kier alpha value is -3.31. The number of nitrogens with one attached hydrogen (secondary N) is 1. The molecule has 0 radical (unpaired) electrons.